The second kappa shape index (κ2) is 4.96. The SMILES string of the molecule is Cc1cc(C)n2nc(SCCc3cn[nH]n3)nc2n1. The molecule has 0 aliphatic rings. The number of hydrogen-bond donors (Lipinski definition) is 1. The Morgan fingerprint density at radius 1 is 1.32 bits per heavy atom. The van der Waals surface area contributed by atoms with Gasteiger partial charge in [0.05, 0.1) is 11.9 Å². The molecule has 0 amide bonds. The minimum atomic E-state index is 0.654. The maximum Gasteiger partial charge on any atom is 0.253 e. The molecule has 0 bridgehead atoms. The molecule has 0 radical (unpaired) electrons. The van der Waals surface area contributed by atoms with Gasteiger partial charge in [0.25, 0.3) is 5.78 Å². The van der Waals surface area contributed by atoms with Gasteiger partial charge in [-0.15, -0.1) is 5.10 Å². The molecular formula is C11H13N7S. The lowest BCUT2D eigenvalue weighted by Gasteiger charge is -1.97. The summed E-state index contributed by atoms with van der Waals surface area (Å²) in [5.74, 6) is 1.52. The highest BCUT2D eigenvalue weighted by Gasteiger charge is 2.08. The third kappa shape index (κ3) is 2.58. The average Bonchev–Trinajstić information content (AvgIpc) is 2.98. The molecule has 7 nitrogen and oxygen atoms in total. The molecule has 0 spiro atoms. The van der Waals surface area contributed by atoms with Gasteiger partial charge in [-0.1, -0.05) is 11.8 Å². The Kier molecular flexibility index (Phi) is 3.16. The van der Waals surface area contributed by atoms with Crippen LogP contribution < -0.4 is 0 Å². The molecule has 0 saturated heterocycles. The number of nitrogens with one attached hydrogen (secondary N) is 1. The molecule has 0 aliphatic heterocycles. The summed E-state index contributed by atoms with van der Waals surface area (Å²) in [7, 11) is 0. The summed E-state index contributed by atoms with van der Waals surface area (Å²) < 4.78 is 1.77. The van der Waals surface area contributed by atoms with Crippen LogP contribution in [0.2, 0.25) is 0 Å². The molecule has 3 rings (SSSR count). The number of H-pyrrole nitrogens is 1. The Bertz CT molecular complexity index is 688. The lowest BCUT2D eigenvalue weighted by atomic mass is 10.4. The normalized spacial score (nSPS) is 11.3. The van der Waals surface area contributed by atoms with Crippen LogP contribution in [0.3, 0.4) is 0 Å². The maximum absolute atomic E-state index is 4.43. The van der Waals surface area contributed by atoms with Crippen LogP contribution in [0.15, 0.2) is 17.4 Å². The van der Waals surface area contributed by atoms with Crippen LogP contribution in [0.25, 0.3) is 5.78 Å². The molecule has 0 saturated carbocycles. The van der Waals surface area contributed by atoms with E-state index in [9.17, 15) is 0 Å². The van der Waals surface area contributed by atoms with Crippen molar-refractivity contribution >= 4 is 17.5 Å². The van der Waals surface area contributed by atoms with Gasteiger partial charge in [0, 0.05) is 23.6 Å². The highest BCUT2D eigenvalue weighted by Crippen LogP contribution is 2.16. The van der Waals surface area contributed by atoms with Gasteiger partial charge in [-0.25, -0.2) is 9.50 Å². The van der Waals surface area contributed by atoms with Gasteiger partial charge in [-0.3, -0.25) is 0 Å². The maximum atomic E-state index is 4.43. The Labute approximate surface area is 113 Å². The highest BCUT2D eigenvalue weighted by molar-refractivity contribution is 7.99. The zero-order valence-corrected chi connectivity index (χ0v) is 11.5. The first-order chi connectivity index (χ1) is 9.22. The van der Waals surface area contributed by atoms with Crippen LogP contribution in [-0.2, 0) is 6.42 Å². The molecular weight excluding hydrogens is 262 g/mol. The molecule has 0 atom stereocenters. The number of aryl methyl sites for hydroxylation is 3. The van der Waals surface area contributed by atoms with E-state index in [4.69, 9.17) is 0 Å². The summed E-state index contributed by atoms with van der Waals surface area (Å²) in [6, 6.07) is 1.99. The Morgan fingerprint density at radius 3 is 3.00 bits per heavy atom. The van der Waals surface area contributed by atoms with Crippen molar-refractivity contribution in [3.05, 3.63) is 29.3 Å². The van der Waals surface area contributed by atoms with E-state index in [0.29, 0.717) is 5.78 Å². The van der Waals surface area contributed by atoms with E-state index in [-0.39, 0.29) is 0 Å². The number of aromatic nitrogens is 7. The fraction of sp³-hybridized carbons (Fsp3) is 0.364. The van der Waals surface area contributed by atoms with Gasteiger partial charge < -0.3 is 0 Å². The fourth-order valence-electron chi connectivity index (χ4n) is 1.80. The molecule has 3 heterocycles. The molecule has 3 aromatic heterocycles. The number of hydrogen-bond acceptors (Lipinski definition) is 6. The highest BCUT2D eigenvalue weighted by atomic mass is 32.2. The first kappa shape index (κ1) is 12.1. The van der Waals surface area contributed by atoms with Crippen LogP contribution in [-0.4, -0.2) is 40.7 Å². The van der Waals surface area contributed by atoms with Gasteiger partial charge >= 0.3 is 0 Å². The van der Waals surface area contributed by atoms with Crippen molar-refractivity contribution in [1.82, 2.24) is 35.0 Å². The zero-order chi connectivity index (χ0) is 13.2. The largest absolute Gasteiger partial charge is 0.253 e. The molecule has 0 aliphatic carbocycles. The van der Waals surface area contributed by atoms with Crippen molar-refractivity contribution in [1.29, 1.82) is 0 Å². The minimum Gasteiger partial charge on any atom is -0.216 e. The average molecular weight is 275 g/mol. The van der Waals surface area contributed by atoms with Crippen LogP contribution >= 0.6 is 11.8 Å². The first-order valence-corrected chi connectivity index (χ1v) is 6.89. The number of fused-ring (bicyclic) bond motifs is 1. The summed E-state index contributed by atoms with van der Waals surface area (Å²) in [6.07, 6.45) is 2.56. The molecule has 98 valence electrons. The third-order valence-corrected chi connectivity index (χ3v) is 3.49. The van der Waals surface area contributed by atoms with E-state index in [2.05, 4.69) is 30.5 Å². The summed E-state index contributed by atoms with van der Waals surface area (Å²) in [4.78, 5) is 8.78. The van der Waals surface area contributed by atoms with E-state index >= 15 is 0 Å². The van der Waals surface area contributed by atoms with Crippen LogP contribution in [0, 0.1) is 13.8 Å². The van der Waals surface area contributed by atoms with Gasteiger partial charge in [-0.05, 0) is 19.9 Å². The monoisotopic (exact) mass is 275 g/mol. The van der Waals surface area contributed by atoms with Crippen LogP contribution in [0.4, 0.5) is 0 Å². The zero-order valence-electron chi connectivity index (χ0n) is 10.7. The van der Waals surface area contributed by atoms with Crippen molar-refractivity contribution in [3.63, 3.8) is 0 Å². The van der Waals surface area contributed by atoms with Gasteiger partial charge in [0.2, 0.25) is 5.16 Å². The molecule has 0 unspecified atom stereocenters. The molecule has 19 heavy (non-hydrogen) atoms. The van der Waals surface area contributed by atoms with E-state index in [0.717, 1.165) is 34.4 Å². The summed E-state index contributed by atoms with van der Waals surface area (Å²) >= 11 is 1.59. The first-order valence-electron chi connectivity index (χ1n) is 5.91. The summed E-state index contributed by atoms with van der Waals surface area (Å²) in [6.45, 7) is 3.96. The lowest BCUT2D eigenvalue weighted by molar-refractivity contribution is 0.842. The van der Waals surface area contributed by atoms with Gasteiger partial charge in [0.1, 0.15) is 0 Å². The van der Waals surface area contributed by atoms with Crippen molar-refractivity contribution in [2.75, 3.05) is 5.75 Å². The van der Waals surface area contributed by atoms with Crippen LogP contribution in [0.5, 0.6) is 0 Å². The molecule has 1 N–H and O–H groups in total. The number of nitrogens with zero attached hydrogens (tertiary/aromatic N) is 6. The van der Waals surface area contributed by atoms with Crippen molar-refractivity contribution in [3.8, 4) is 0 Å². The standard InChI is InChI=1S/C11H13N7S/c1-7-5-8(2)18-10(13-7)14-11(16-18)19-4-3-9-6-12-17-15-9/h5-6H,3-4H2,1-2H3,(H,12,15,17). The van der Waals surface area contributed by atoms with Crippen LogP contribution in [0.1, 0.15) is 17.1 Å². The second-order valence-electron chi connectivity index (χ2n) is 4.20. The molecule has 3 aromatic rings. The van der Waals surface area contributed by atoms with Crippen molar-refractivity contribution < 1.29 is 0 Å². The number of rotatable bonds is 4. The van der Waals surface area contributed by atoms with E-state index in [1.807, 2.05) is 19.9 Å². The summed E-state index contributed by atoms with van der Waals surface area (Å²) in [5.41, 5.74) is 2.94. The molecule has 0 aromatic carbocycles. The van der Waals surface area contributed by atoms with Gasteiger partial charge in [-0.2, -0.15) is 20.4 Å². The minimum absolute atomic E-state index is 0.654. The Balaban J connectivity index is 1.73. The lowest BCUT2D eigenvalue weighted by Crippen LogP contribution is -1.97. The quantitative estimate of drug-likeness (QED) is 0.720. The number of thioether (sulfide) groups is 1. The van der Waals surface area contributed by atoms with Crippen molar-refractivity contribution in [2.45, 2.75) is 25.4 Å². The molecule has 0 fully saturated rings. The van der Waals surface area contributed by atoms with Crippen molar-refractivity contribution in [2.24, 2.45) is 0 Å². The van der Waals surface area contributed by atoms with E-state index < -0.39 is 0 Å². The van der Waals surface area contributed by atoms with Gasteiger partial charge in [0.15, 0.2) is 0 Å². The fourth-order valence-corrected chi connectivity index (χ4v) is 2.58. The Morgan fingerprint density at radius 2 is 2.21 bits per heavy atom. The third-order valence-electron chi connectivity index (χ3n) is 2.65. The summed E-state index contributed by atoms with van der Waals surface area (Å²) in [5, 5.41) is 15.6. The molecule has 8 heteroatoms. The number of aromatic amines is 1. The predicted octanol–water partition coefficient (Wildman–Crippen LogP) is 1.19. The topological polar surface area (TPSA) is 84.7 Å². The predicted molar refractivity (Wildman–Crippen MR) is 71.1 cm³/mol. The van der Waals surface area contributed by atoms with E-state index in [1.54, 1.807) is 22.5 Å². The van der Waals surface area contributed by atoms with E-state index in [1.165, 1.54) is 0 Å². The Hall–Kier alpha value is -1.96. The second-order valence-corrected chi connectivity index (χ2v) is 5.27. The smallest absolute Gasteiger partial charge is 0.216 e.